The molecule has 3 fully saturated rings. The van der Waals surface area contributed by atoms with Gasteiger partial charge < -0.3 is 10.1 Å². The van der Waals surface area contributed by atoms with Crippen LogP contribution in [-0.2, 0) is 14.9 Å². The van der Waals surface area contributed by atoms with Gasteiger partial charge in [0.1, 0.15) is 0 Å². The summed E-state index contributed by atoms with van der Waals surface area (Å²) in [5.41, 5.74) is 0. The van der Waals surface area contributed by atoms with Crippen molar-refractivity contribution in [2.45, 2.75) is 62.8 Å². The summed E-state index contributed by atoms with van der Waals surface area (Å²) < 4.78 is 34.4. The Morgan fingerprint density at radius 2 is 2.05 bits per heavy atom. The van der Waals surface area contributed by atoms with Gasteiger partial charge in [0.25, 0.3) is 10.2 Å². The molecule has 2 heterocycles. The Balaban J connectivity index is 1.41. The molecule has 6 nitrogen and oxygen atoms in total. The molecule has 7 heteroatoms. The van der Waals surface area contributed by atoms with Gasteiger partial charge in [-0.2, -0.15) is 17.4 Å². The number of ether oxygens (including phenoxy) is 1. The van der Waals surface area contributed by atoms with Crippen molar-refractivity contribution < 1.29 is 13.2 Å². The first-order valence-electron chi connectivity index (χ1n) is 7.67. The Hall–Kier alpha value is -0.210. The molecule has 20 heavy (non-hydrogen) atoms. The summed E-state index contributed by atoms with van der Waals surface area (Å²) in [5, 5.41) is 3.40. The summed E-state index contributed by atoms with van der Waals surface area (Å²) in [6, 6.07) is 0.645. The number of hydrogen-bond acceptors (Lipinski definition) is 4. The number of rotatable bonds is 8. The van der Waals surface area contributed by atoms with Crippen molar-refractivity contribution in [1.82, 2.24) is 14.3 Å². The molecule has 3 aliphatic rings. The minimum Gasteiger partial charge on any atom is -0.373 e. The average Bonchev–Trinajstić information content (AvgIpc) is 3.00. The molecule has 116 valence electrons. The van der Waals surface area contributed by atoms with Gasteiger partial charge in [0.15, 0.2) is 0 Å². The second-order valence-electron chi connectivity index (χ2n) is 6.24. The molecule has 3 rings (SSSR count). The molecule has 0 aromatic rings. The maximum absolute atomic E-state index is 12.2. The molecule has 2 saturated heterocycles. The van der Waals surface area contributed by atoms with E-state index in [1.807, 2.05) is 0 Å². The van der Waals surface area contributed by atoms with Gasteiger partial charge in [-0.1, -0.05) is 0 Å². The summed E-state index contributed by atoms with van der Waals surface area (Å²) in [6.45, 7) is 1.44. The van der Waals surface area contributed by atoms with E-state index in [9.17, 15) is 8.42 Å². The maximum Gasteiger partial charge on any atom is 0.279 e. The molecule has 0 radical (unpaired) electrons. The van der Waals surface area contributed by atoms with E-state index in [-0.39, 0.29) is 18.2 Å². The third kappa shape index (κ3) is 3.51. The number of hydrogen-bond donors (Lipinski definition) is 2. The molecule has 2 N–H and O–H groups in total. The fraction of sp³-hybridized carbons (Fsp3) is 1.00. The summed E-state index contributed by atoms with van der Waals surface area (Å²) >= 11 is 0. The molecule has 3 unspecified atom stereocenters. The first-order valence-corrected chi connectivity index (χ1v) is 9.11. The van der Waals surface area contributed by atoms with Crippen LogP contribution in [0.3, 0.4) is 0 Å². The molecule has 0 aromatic heterocycles. The summed E-state index contributed by atoms with van der Waals surface area (Å²) in [5.74, 6) is 0. The van der Waals surface area contributed by atoms with Crippen LogP contribution >= 0.6 is 0 Å². The number of nitrogens with zero attached hydrogens (tertiary/aromatic N) is 1. The zero-order chi connectivity index (χ0) is 14.2. The molecule has 1 saturated carbocycles. The van der Waals surface area contributed by atoms with Crippen molar-refractivity contribution in [3.8, 4) is 0 Å². The lowest BCUT2D eigenvalue weighted by Crippen LogP contribution is -2.47. The fourth-order valence-electron chi connectivity index (χ4n) is 3.06. The Labute approximate surface area is 121 Å². The van der Waals surface area contributed by atoms with E-state index in [1.54, 1.807) is 7.05 Å². The van der Waals surface area contributed by atoms with Crippen LogP contribution < -0.4 is 10.0 Å². The summed E-state index contributed by atoms with van der Waals surface area (Å²) in [7, 11) is -1.73. The van der Waals surface area contributed by atoms with Crippen molar-refractivity contribution in [1.29, 1.82) is 0 Å². The Morgan fingerprint density at radius 1 is 1.25 bits per heavy atom. The Bertz CT molecular complexity index is 438. The highest BCUT2D eigenvalue weighted by Crippen LogP contribution is 2.34. The third-order valence-corrected chi connectivity index (χ3v) is 6.08. The predicted molar refractivity (Wildman–Crippen MR) is 76.6 cm³/mol. The van der Waals surface area contributed by atoms with Gasteiger partial charge >= 0.3 is 0 Å². The molecular weight excluding hydrogens is 278 g/mol. The van der Waals surface area contributed by atoms with E-state index < -0.39 is 10.2 Å². The van der Waals surface area contributed by atoms with Gasteiger partial charge in [0, 0.05) is 19.6 Å². The lowest BCUT2D eigenvalue weighted by Gasteiger charge is -2.24. The van der Waals surface area contributed by atoms with E-state index in [2.05, 4.69) is 10.0 Å². The first kappa shape index (κ1) is 14.7. The van der Waals surface area contributed by atoms with Gasteiger partial charge in [-0.05, 0) is 45.1 Å². The Morgan fingerprint density at radius 3 is 2.65 bits per heavy atom. The monoisotopic (exact) mass is 303 g/mol. The van der Waals surface area contributed by atoms with Crippen molar-refractivity contribution in [3.63, 3.8) is 0 Å². The van der Waals surface area contributed by atoms with Crippen LogP contribution in [0.4, 0.5) is 0 Å². The van der Waals surface area contributed by atoms with Crippen LogP contribution in [0.1, 0.15) is 38.5 Å². The van der Waals surface area contributed by atoms with Crippen molar-refractivity contribution in [3.05, 3.63) is 0 Å². The summed E-state index contributed by atoms with van der Waals surface area (Å²) in [6.07, 6.45) is 6.60. The maximum atomic E-state index is 12.2. The topological polar surface area (TPSA) is 70.7 Å². The Kier molecular flexibility index (Phi) is 4.33. The fourth-order valence-corrected chi connectivity index (χ4v) is 4.24. The molecule has 0 aromatic carbocycles. The van der Waals surface area contributed by atoms with Crippen LogP contribution in [0.15, 0.2) is 0 Å². The van der Waals surface area contributed by atoms with Gasteiger partial charge in [-0.3, -0.25) is 0 Å². The second-order valence-corrected chi connectivity index (χ2v) is 8.05. The van der Waals surface area contributed by atoms with Gasteiger partial charge in [-0.15, -0.1) is 0 Å². The van der Waals surface area contributed by atoms with Crippen LogP contribution in [0.5, 0.6) is 0 Å². The van der Waals surface area contributed by atoms with Gasteiger partial charge in [-0.25, -0.2) is 0 Å². The van der Waals surface area contributed by atoms with Crippen molar-refractivity contribution >= 4 is 10.2 Å². The molecule has 0 amide bonds. The van der Waals surface area contributed by atoms with E-state index in [1.165, 1.54) is 17.1 Å². The van der Waals surface area contributed by atoms with Crippen LogP contribution in [0.2, 0.25) is 0 Å². The van der Waals surface area contributed by atoms with Crippen molar-refractivity contribution in [2.24, 2.45) is 0 Å². The molecule has 2 bridgehead atoms. The third-order valence-electron chi connectivity index (χ3n) is 4.48. The second kappa shape index (κ2) is 5.88. The standard InChI is InChI=1S/C13H25N3O3S/c1-16(8-2-7-14-10-3-4-10)20(17,18)15-12-9-11-5-6-13(12)19-11/h10-15H,2-9H2,1H3. The van der Waals surface area contributed by atoms with Crippen molar-refractivity contribution in [2.75, 3.05) is 20.1 Å². The van der Waals surface area contributed by atoms with E-state index in [0.29, 0.717) is 12.6 Å². The van der Waals surface area contributed by atoms with Crippen LogP contribution in [-0.4, -0.2) is 57.2 Å². The van der Waals surface area contributed by atoms with E-state index >= 15 is 0 Å². The minimum atomic E-state index is -3.38. The lowest BCUT2D eigenvalue weighted by atomic mass is 9.96. The van der Waals surface area contributed by atoms with Crippen LogP contribution in [0.25, 0.3) is 0 Å². The SMILES string of the molecule is CN(CCCNC1CC1)S(=O)(=O)NC1CC2CCC1O2. The highest BCUT2D eigenvalue weighted by Gasteiger charge is 2.42. The highest BCUT2D eigenvalue weighted by molar-refractivity contribution is 7.87. The summed E-state index contributed by atoms with van der Waals surface area (Å²) in [4.78, 5) is 0. The minimum absolute atomic E-state index is 0.0363. The van der Waals surface area contributed by atoms with Gasteiger partial charge in [0.05, 0.1) is 18.2 Å². The zero-order valence-corrected chi connectivity index (χ0v) is 12.9. The molecular formula is C13H25N3O3S. The molecule has 0 spiro atoms. The average molecular weight is 303 g/mol. The zero-order valence-electron chi connectivity index (χ0n) is 12.0. The van der Waals surface area contributed by atoms with E-state index in [4.69, 9.17) is 4.74 Å². The largest absolute Gasteiger partial charge is 0.373 e. The normalized spacial score (nSPS) is 33.2. The highest BCUT2D eigenvalue weighted by atomic mass is 32.2. The smallest absolute Gasteiger partial charge is 0.279 e. The predicted octanol–water partition coefficient (Wildman–Crippen LogP) is 0.215. The quantitative estimate of drug-likeness (QED) is 0.629. The molecule has 3 atom stereocenters. The molecule has 1 aliphatic carbocycles. The molecule has 2 aliphatic heterocycles. The van der Waals surface area contributed by atoms with Gasteiger partial charge in [0.2, 0.25) is 0 Å². The first-order chi connectivity index (χ1) is 9.54. The lowest BCUT2D eigenvalue weighted by molar-refractivity contribution is 0.0994. The van der Waals surface area contributed by atoms with E-state index in [0.717, 1.165) is 32.2 Å². The van der Waals surface area contributed by atoms with Crippen LogP contribution in [0, 0.1) is 0 Å². The number of fused-ring (bicyclic) bond motifs is 2. The number of nitrogens with one attached hydrogen (secondary N) is 2.